The minimum absolute atomic E-state index is 0.380. The topological polar surface area (TPSA) is 25.8 Å². The molecule has 2 aromatic carbocycles. The summed E-state index contributed by atoms with van der Waals surface area (Å²) in [4.78, 5) is 8.80. The lowest BCUT2D eigenvalue weighted by atomic mass is 10.1. The summed E-state index contributed by atoms with van der Waals surface area (Å²) in [5, 5.41) is 1.33. The zero-order chi connectivity index (χ0) is 14.8. The summed E-state index contributed by atoms with van der Waals surface area (Å²) < 4.78 is 0. The van der Waals surface area contributed by atoms with Gasteiger partial charge in [-0.05, 0) is 18.2 Å². The van der Waals surface area contributed by atoms with Gasteiger partial charge >= 0.3 is 0 Å². The Balaban J connectivity index is 2.11. The molecule has 5 heteroatoms. The molecular formula is C16H9Cl3N2. The molecule has 0 unspecified atom stereocenters. The van der Waals surface area contributed by atoms with Gasteiger partial charge in [-0.1, -0.05) is 65.1 Å². The smallest absolute Gasteiger partial charge is 0.161 e. The zero-order valence-electron chi connectivity index (χ0n) is 10.7. The van der Waals surface area contributed by atoms with E-state index in [4.69, 9.17) is 34.8 Å². The molecular weight excluding hydrogens is 327 g/mol. The predicted molar refractivity (Wildman–Crippen MR) is 87.9 cm³/mol. The van der Waals surface area contributed by atoms with E-state index in [1.807, 2.05) is 36.4 Å². The number of benzene rings is 2. The van der Waals surface area contributed by atoms with Crippen LogP contribution in [0.4, 0.5) is 0 Å². The Hall–Kier alpha value is -1.61. The summed E-state index contributed by atoms with van der Waals surface area (Å²) in [7, 11) is 0. The molecule has 0 aliphatic carbocycles. The second-order valence-corrected chi connectivity index (χ2v) is 5.60. The Morgan fingerprint density at radius 3 is 2.14 bits per heavy atom. The van der Waals surface area contributed by atoms with Gasteiger partial charge in [0.25, 0.3) is 0 Å². The van der Waals surface area contributed by atoms with E-state index in [0.29, 0.717) is 21.0 Å². The Morgan fingerprint density at radius 1 is 0.667 bits per heavy atom. The molecule has 0 aliphatic rings. The lowest BCUT2D eigenvalue weighted by Crippen LogP contribution is -1.93. The van der Waals surface area contributed by atoms with Gasteiger partial charge in [-0.2, -0.15) is 0 Å². The average molecular weight is 336 g/mol. The first-order chi connectivity index (χ1) is 10.1. The maximum absolute atomic E-state index is 6.11. The first kappa shape index (κ1) is 14.3. The van der Waals surface area contributed by atoms with Crippen molar-refractivity contribution in [2.24, 2.45) is 0 Å². The maximum Gasteiger partial charge on any atom is 0.161 e. The van der Waals surface area contributed by atoms with Gasteiger partial charge in [-0.25, -0.2) is 9.97 Å². The summed E-state index contributed by atoms with van der Waals surface area (Å²) in [6.07, 6.45) is 0. The van der Waals surface area contributed by atoms with Gasteiger partial charge < -0.3 is 0 Å². The molecule has 0 amide bonds. The maximum atomic E-state index is 6.11. The fourth-order valence-corrected chi connectivity index (χ4v) is 2.42. The highest BCUT2D eigenvalue weighted by Crippen LogP contribution is 2.29. The standard InChI is InChI=1S/C16H9Cl3N2/c17-12-7-6-11(8-13(12)18)16-20-14(9-15(19)21-16)10-4-2-1-3-5-10/h1-9H. The van der Waals surface area contributed by atoms with Crippen molar-refractivity contribution in [1.29, 1.82) is 0 Å². The van der Waals surface area contributed by atoms with Crippen LogP contribution in [0.25, 0.3) is 22.6 Å². The third-order valence-corrected chi connectivity index (χ3v) is 3.87. The van der Waals surface area contributed by atoms with Crippen LogP contribution in [0.5, 0.6) is 0 Å². The summed E-state index contributed by atoms with van der Waals surface area (Å²) in [5.41, 5.74) is 2.50. The first-order valence-corrected chi connectivity index (χ1v) is 7.32. The molecule has 2 nitrogen and oxygen atoms in total. The highest BCUT2D eigenvalue weighted by molar-refractivity contribution is 6.42. The molecule has 0 saturated carbocycles. The molecule has 1 heterocycles. The highest BCUT2D eigenvalue weighted by atomic mass is 35.5. The largest absolute Gasteiger partial charge is 0.228 e. The number of nitrogens with zero attached hydrogens (tertiary/aromatic N) is 2. The van der Waals surface area contributed by atoms with Crippen LogP contribution < -0.4 is 0 Å². The van der Waals surface area contributed by atoms with Crippen LogP contribution in [-0.2, 0) is 0 Å². The molecule has 0 N–H and O–H groups in total. The van der Waals surface area contributed by atoms with Crippen molar-refractivity contribution in [3.8, 4) is 22.6 Å². The molecule has 104 valence electrons. The van der Waals surface area contributed by atoms with Gasteiger partial charge in [0.2, 0.25) is 0 Å². The van der Waals surface area contributed by atoms with E-state index in [0.717, 1.165) is 16.8 Å². The Kier molecular flexibility index (Phi) is 4.11. The van der Waals surface area contributed by atoms with Crippen molar-refractivity contribution in [2.75, 3.05) is 0 Å². The highest BCUT2D eigenvalue weighted by Gasteiger charge is 2.09. The van der Waals surface area contributed by atoms with Gasteiger partial charge in [0.05, 0.1) is 15.7 Å². The van der Waals surface area contributed by atoms with Crippen molar-refractivity contribution in [3.63, 3.8) is 0 Å². The number of aromatic nitrogens is 2. The van der Waals surface area contributed by atoms with E-state index in [2.05, 4.69) is 9.97 Å². The van der Waals surface area contributed by atoms with Crippen molar-refractivity contribution in [1.82, 2.24) is 9.97 Å². The van der Waals surface area contributed by atoms with Gasteiger partial charge in [0.1, 0.15) is 5.15 Å². The zero-order valence-corrected chi connectivity index (χ0v) is 13.0. The molecule has 0 aliphatic heterocycles. The van der Waals surface area contributed by atoms with Crippen molar-refractivity contribution in [2.45, 2.75) is 0 Å². The molecule has 0 bridgehead atoms. The number of hydrogen-bond acceptors (Lipinski definition) is 2. The van der Waals surface area contributed by atoms with Crippen LogP contribution in [0.2, 0.25) is 15.2 Å². The average Bonchev–Trinajstić information content (AvgIpc) is 2.50. The Morgan fingerprint density at radius 2 is 1.43 bits per heavy atom. The van der Waals surface area contributed by atoms with Crippen LogP contribution in [0.15, 0.2) is 54.6 Å². The van der Waals surface area contributed by atoms with Crippen LogP contribution in [-0.4, -0.2) is 9.97 Å². The van der Waals surface area contributed by atoms with E-state index in [-0.39, 0.29) is 0 Å². The molecule has 0 radical (unpaired) electrons. The fourth-order valence-electron chi connectivity index (χ4n) is 1.94. The minimum atomic E-state index is 0.380. The van der Waals surface area contributed by atoms with Crippen LogP contribution >= 0.6 is 34.8 Å². The van der Waals surface area contributed by atoms with E-state index in [1.165, 1.54) is 0 Å². The monoisotopic (exact) mass is 334 g/mol. The quantitative estimate of drug-likeness (QED) is 0.555. The lowest BCUT2D eigenvalue weighted by Gasteiger charge is -2.06. The summed E-state index contributed by atoms with van der Waals surface area (Å²) in [6, 6.07) is 16.8. The SMILES string of the molecule is Clc1cc(-c2ccccc2)nc(-c2ccc(Cl)c(Cl)c2)n1. The third kappa shape index (κ3) is 3.18. The fraction of sp³-hybridized carbons (Fsp3) is 0. The Bertz CT molecular complexity index is 789. The molecule has 0 atom stereocenters. The Labute approximate surface area is 137 Å². The van der Waals surface area contributed by atoms with Crippen molar-refractivity contribution < 1.29 is 0 Å². The van der Waals surface area contributed by atoms with Crippen molar-refractivity contribution >= 4 is 34.8 Å². The van der Waals surface area contributed by atoms with E-state index < -0.39 is 0 Å². The molecule has 21 heavy (non-hydrogen) atoms. The normalized spacial score (nSPS) is 10.6. The summed E-state index contributed by atoms with van der Waals surface area (Å²) in [5.74, 6) is 0.514. The van der Waals surface area contributed by atoms with Gasteiger partial charge in [0.15, 0.2) is 5.82 Å². The van der Waals surface area contributed by atoms with E-state index in [1.54, 1.807) is 18.2 Å². The van der Waals surface area contributed by atoms with E-state index in [9.17, 15) is 0 Å². The lowest BCUT2D eigenvalue weighted by molar-refractivity contribution is 1.18. The molecule has 0 spiro atoms. The number of rotatable bonds is 2. The van der Waals surface area contributed by atoms with Gasteiger partial charge in [-0.15, -0.1) is 0 Å². The summed E-state index contributed by atoms with van der Waals surface area (Å²) >= 11 is 18.1. The second-order valence-electron chi connectivity index (χ2n) is 4.39. The number of hydrogen-bond donors (Lipinski definition) is 0. The van der Waals surface area contributed by atoms with Crippen LogP contribution in [0, 0.1) is 0 Å². The van der Waals surface area contributed by atoms with Crippen LogP contribution in [0.1, 0.15) is 0 Å². The third-order valence-electron chi connectivity index (χ3n) is 2.94. The molecule has 3 aromatic rings. The first-order valence-electron chi connectivity index (χ1n) is 6.19. The van der Waals surface area contributed by atoms with E-state index >= 15 is 0 Å². The minimum Gasteiger partial charge on any atom is -0.228 e. The molecule has 0 fully saturated rings. The molecule has 3 rings (SSSR count). The van der Waals surface area contributed by atoms with Gasteiger partial charge in [-0.3, -0.25) is 0 Å². The van der Waals surface area contributed by atoms with Crippen molar-refractivity contribution in [3.05, 3.63) is 69.8 Å². The van der Waals surface area contributed by atoms with Gasteiger partial charge in [0, 0.05) is 17.2 Å². The number of halogens is 3. The predicted octanol–water partition coefficient (Wildman–Crippen LogP) is 5.77. The second kappa shape index (κ2) is 6.02. The molecule has 1 aromatic heterocycles. The van der Waals surface area contributed by atoms with Crippen LogP contribution in [0.3, 0.4) is 0 Å². The molecule has 0 saturated heterocycles. The summed E-state index contributed by atoms with van der Waals surface area (Å²) in [6.45, 7) is 0.